The van der Waals surface area contributed by atoms with Gasteiger partial charge in [-0.3, -0.25) is 9.59 Å². The number of carbonyl (C=O) groups excluding carboxylic acids is 2. The van der Waals surface area contributed by atoms with Crippen molar-refractivity contribution in [3.05, 3.63) is 89.5 Å². The molecule has 0 bridgehead atoms. The number of carbonyl (C=O) groups is 2. The SMILES string of the molecule is Nc1ccccc1NC(=O)CCCCCCC(=O)Nc1ccc([C@@H]2O[C@H](CN3CCC4(CC3)OCCO4)C[C@H](c3ccc(CO)cc3)O2)cc1. The number of hydrogen-bond donors (Lipinski definition) is 4. The van der Waals surface area contributed by atoms with E-state index in [0.717, 1.165) is 80.5 Å². The van der Waals surface area contributed by atoms with E-state index in [1.165, 1.54) is 0 Å². The Hall–Kier alpha value is -3.84. The number of piperidine rings is 1. The molecule has 5 N–H and O–H groups in total. The number of rotatable bonds is 14. The van der Waals surface area contributed by atoms with Crippen molar-refractivity contribution in [1.29, 1.82) is 0 Å². The Labute approximate surface area is 294 Å². The number of amides is 2. The summed E-state index contributed by atoms with van der Waals surface area (Å²) in [5.74, 6) is -0.508. The summed E-state index contributed by atoms with van der Waals surface area (Å²) in [6.45, 7) is 3.89. The molecule has 11 nitrogen and oxygen atoms in total. The third-order valence-electron chi connectivity index (χ3n) is 9.77. The van der Waals surface area contributed by atoms with Crippen LogP contribution in [0.1, 0.15) is 86.9 Å². The fourth-order valence-electron chi connectivity index (χ4n) is 6.88. The molecule has 3 aliphatic heterocycles. The molecule has 268 valence electrons. The topological polar surface area (TPSA) is 145 Å². The van der Waals surface area contributed by atoms with Gasteiger partial charge in [-0.05, 0) is 48.2 Å². The van der Waals surface area contributed by atoms with Crippen LogP contribution in [0, 0.1) is 0 Å². The molecule has 0 aliphatic carbocycles. The Kier molecular flexibility index (Phi) is 12.5. The average molecular weight is 687 g/mol. The van der Waals surface area contributed by atoms with Crippen molar-refractivity contribution in [2.75, 3.05) is 49.2 Å². The lowest BCUT2D eigenvalue weighted by atomic mass is 9.98. The summed E-state index contributed by atoms with van der Waals surface area (Å²) in [7, 11) is 0. The van der Waals surface area contributed by atoms with Crippen molar-refractivity contribution in [2.24, 2.45) is 0 Å². The van der Waals surface area contributed by atoms with Crippen LogP contribution in [0.15, 0.2) is 72.8 Å². The highest BCUT2D eigenvalue weighted by Gasteiger charge is 2.41. The molecule has 3 aromatic carbocycles. The van der Waals surface area contributed by atoms with E-state index >= 15 is 0 Å². The number of nitrogens with one attached hydrogen (secondary N) is 2. The largest absolute Gasteiger partial charge is 0.397 e. The number of ether oxygens (including phenoxy) is 4. The van der Waals surface area contributed by atoms with Gasteiger partial charge in [0, 0.05) is 63.0 Å². The zero-order chi connectivity index (χ0) is 34.8. The molecule has 0 unspecified atom stereocenters. The third kappa shape index (κ3) is 9.90. The third-order valence-corrected chi connectivity index (χ3v) is 9.77. The lowest BCUT2D eigenvalue weighted by molar-refractivity contribution is -0.255. The molecule has 3 saturated heterocycles. The van der Waals surface area contributed by atoms with Crippen LogP contribution in [-0.4, -0.2) is 66.6 Å². The number of aliphatic hydroxyl groups excluding tert-OH is 1. The molecule has 2 amide bonds. The van der Waals surface area contributed by atoms with E-state index in [0.29, 0.717) is 43.9 Å². The van der Waals surface area contributed by atoms with E-state index in [1.807, 2.05) is 60.7 Å². The van der Waals surface area contributed by atoms with Gasteiger partial charge < -0.3 is 45.3 Å². The maximum atomic E-state index is 12.7. The van der Waals surface area contributed by atoms with Crippen LogP contribution in [-0.2, 0) is 35.1 Å². The number of nitrogen functional groups attached to an aromatic ring is 1. The van der Waals surface area contributed by atoms with Gasteiger partial charge in [0.1, 0.15) is 0 Å². The minimum absolute atomic E-state index is 0.000854. The van der Waals surface area contributed by atoms with Crippen LogP contribution < -0.4 is 16.4 Å². The zero-order valence-corrected chi connectivity index (χ0v) is 28.7. The van der Waals surface area contributed by atoms with Crippen molar-refractivity contribution < 1.29 is 33.6 Å². The number of aliphatic hydroxyl groups is 1. The maximum Gasteiger partial charge on any atom is 0.224 e. The van der Waals surface area contributed by atoms with Crippen LogP contribution in [0.5, 0.6) is 0 Å². The highest BCUT2D eigenvalue weighted by molar-refractivity contribution is 5.93. The first-order valence-electron chi connectivity index (χ1n) is 17.9. The molecule has 0 aromatic heterocycles. The summed E-state index contributed by atoms with van der Waals surface area (Å²) in [6, 6.07) is 22.8. The number of unbranched alkanes of at least 4 members (excludes halogenated alkanes) is 3. The smallest absolute Gasteiger partial charge is 0.224 e. The highest BCUT2D eigenvalue weighted by Crippen LogP contribution is 2.39. The van der Waals surface area contributed by atoms with Gasteiger partial charge in [0.05, 0.1) is 43.4 Å². The minimum Gasteiger partial charge on any atom is -0.397 e. The summed E-state index contributed by atoms with van der Waals surface area (Å²) >= 11 is 0. The Bertz CT molecular complexity index is 1530. The average Bonchev–Trinajstić information content (AvgIpc) is 3.60. The van der Waals surface area contributed by atoms with E-state index in [4.69, 9.17) is 24.7 Å². The standard InChI is InChI=1S/C39H50N4O7/c40-33-7-5-6-8-34(33)42-37(46)10-4-2-1-3-9-36(45)41-31-17-15-30(16-18-31)38-49-32(25-35(50-38)29-13-11-28(27-44)12-14-29)26-43-21-19-39(20-22-43)47-23-24-48-39/h5-8,11-18,32,35,38,44H,1-4,9-10,19-27,40H2,(H,41,45)(H,42,46)/t32-,35+,38+/m0/s1. The van der Waals surface area contributed by atoms with Gasteiger partial charge in [0.2, 0.25) is 11.8 Å². The molecule has 50 heavy (non-hydrogen) atoms. The maximum absolute atomic E-state index is 12.7. The first-order valence-corrected chi connectivity index (χ1v) is 17.9. The highest BCUT2D eigenvalue weighted by atomic mass is 16.7. The number of nitrogens with zero attached hydrogens (tertiary/aromatic N) is 1. The van der Waals surface area contributed by atoms with Gasteiger partial charge in [-0.15, -0.1) is 0 Å². The predicted octanol–water partition coefficient (Wildman–Crippen LogP) is 6.06. The van der Waals surface area contributed by atoms with Gasteiger partial charge in [-0.25, -0.2) is 0 Å². The molecule has 3 aliphatic rings. The summed E-state index contributed by atoms with van der Waals surface area (Å²) in [5, 5.41) is 15.4. The van der Waals surface area contributed by atoms with Crippen LogP contribution in [0.3, 0.4) is 0 Å². The predicted molar refractivity (Wildman–Crippen MR) is 191 cm³/mol. The second kappa shape index (κ2) is 17.4. The van der Waals surface area contributed by atoms with Gasteiger partial charge >= 0.3 is 0 Å². The van der Waals surface area contributed by atoms with Gasteiger partial charge in [0.15, 0.2) is 12.1 Å². The van der Waals surface area contributed by atoms with Crippen molar-refractivity contribution in [3.8, 4) is 0 Å². The van der Waals surface area contributed by atoms with E-state index in [9.17, 15) is 14.7 Å². The number of hydrogen-bond acceptors (Lipinski definition) is 9. The van der Waals surface area contributed by atoms with Crippen molar-refractivity contribution in [3.63, 3.8) is 0 Å². The Morgan fingerprint density at radius 3 is 2.10 bits per heavy atom. The number of likely N-dealkylation sites (tertiary alicyclic amines) is 1. The number of benzene rings is 3. The first kappa shape index (κ1) is 36.0. The molecule has 1 spiro atoms. The molecule has 3 heterocycles. The van der Waals surface area contributed by atoms with Crippen molar-refractivity contribution in [1.82, 2.24) is 4.90 Å². The second-order valence-corrected chi connectivity index (χ2v) is 13.5. The number of para-hydroxylation sites is 2. The second-order valence-electron chi connectivity index (χ2n) is 13.5. The number of anilines is 3. The van der Waals surface area contributed by atoms with Gasteiger partial charge in [0.25, 0.3) is 0 Å². The van der Waals surface area contributed by atoms with Crippen molar-refractivity contribution in [2.45, 2.75) is 88.7 Å². The van der Waals surface area contributed by atoms with Crippen LogP contribution >= 0.6 is 0 Å². The Morgan fingerprint density at radius 1 is 0.800 bits per heavy atom. The lowest BCUT2D eigenvalue weighted by Gasteiger charge is -2.41. The molecule has 3 aromatic rings. The fourth-order valence-corrected chi connectivity index (χ4v) is 6.88. The molecule has 11 heteroatoms. The van der Waals surface area contributed by atoms with Crippen LogP contribution in [0.2, 0.25) is 0 Å². The summed E-state index contributed by atoms with van der Waals surface area (Å²) in [6.07, 6.45) is 5.72. The number of nitrogens with two attached hydrogens (primary N) is 1. The molecule has 0 radical (unpaired) electrons. The van der Waals surface area contributed by atoms with E-state index in [2.05, 4.69) is 15.5 Å². The van der Waals surface area contributed by atoms with Crippen LogP contribution in [0.25, 0.3) is 0 Å². The molecular formula is C39H50N4O7. The Balaban J connectivity index is 0.966. The molecule has 3 fully saturated rings. The first-order chi connectivity index (χ1) is 24.4. The van der Waals surface area contributed by atoms with Crippen molar-refractivity contribution >= 4 is 28.9 Å². The van der Waals surface area contributed by atoms with E-state index in [1.54, 1.807) is 12.1 Å². The minimum atomic E-state index is -0.564. The zero-order valence-electron chi connectivity index (χ0n) is 28.7. The Morgan fingerprint density at radius 2 is 1.44 bits per heavy atom. The summed E-state index contributed by atoms with van der Waals surface area (Å²) in [5.41, 5.74) is 10.6. The monoisotopic (exact) mass is 686 g/mol. The quantitative estimate of drug-likeness (QED) is 0.117. The normalized spacial score (nSPS) is 22.0. The molecular weight excluding hydrogens is 636 g/mol. The molecule has 0 saturated carbocycles. The molecule has 3 atom stereocenters. The van der Waals surface area contributed by atoms with E-state index < -0.39 is 12.1 Å². The fraction of sp³-hybridized carbons (Fsp3) is 0.487. The summed E-state index contributed by atoms with van der Waals surface area (Å²) < 4.78 is 24.9. The molecule has 6 rings (SSSR count). The van der Waals surface area contributed by atoms with Gasteiger partial charge in [-0.1, -0.05) is 61.4 Å². The van der Waals surface area contributed by atoms with E-state index in [-0.39, 0.29) is 30.6 Å². The lowest BCUT2D eigenvalue weighted by Crippen LogP contribution is -2.48. The van der Waals surface area contributed by atoms with Gasteiger partial charge in [-0.2, -0.15) is 0 Å². The summed E-state index contributed by atoms with van der Waals surface area (Å²) in [4.78, 5) is 27.3. The van der Waals surface area contributed by atoms with Crippen LogP contribution in [0.4, 0.5) is 17.1 Å².